The molecule has 10 nitrogen and oxygen atoms in total. The van der Waals surface area contributed by atoms with Crippen molar-refractivity contribution < 1.29 is 19.0 Å². The van der Waals surface area contributed by atoms with Gasteiger partial charge in [-0.15, -0.1) is 0 Å². The van der Waals surface area contributed by atoms with Crippen molar-refractivity contribution >= 4 is 23.6 Å². The van der Waals surface area contributed by atoms with E-state index in [9.17, 15) is 4.79 Å². The maximum Gasteiger partial charge on any atom is 0.321 e. The van der Waals surface area contributed by atoms with Crippen LogP contribution in [0.5, 0.6) is 17.2 Å². The number of methoxy groups -OCH3 is 3. The Hall–Kier alpha value is -4.08. The number of ether oxygens (including phenoxy) is 3. The predicted molar refractivity (Wildman–Crippen MR) is 112 cm³/mol. The molecule has 0 fully saturated rings. The van der Waals surface area contributed by atoms with Crippen molar-refractivity contribution in [1.29, 1.82) is 0 Å². The predicted octanol–water partition coefficient (Wildman–Crippen LogP) is 2.96. The van der Waals surface area contributed by atoms with Gasteiger partial charge in [0.15, 0.2) is 11.5 Å². The van der Waals surface area contributed by atoms with Gasteiger partial charge in [0.2, 0.25) is 17.6 Å². The molecular formula is C20H22N6O4. The molecular weight excluding hydrogens is 388 g/mol. The maximum absolute atomic E-state index is 12.1. The lowest BCUT2D eigenvalue weighted by Crippen LogP contribution is -2.29. The Morgan fingerprint density at radius 2 is 1.60 bits per heavy atom. The highest BCUT2D eigenvalue weighted by Crippen LogP contribution is 2.40. The van der Waals surface area contributed by atoms with Gasteiger partial charge in [-0.05, 0) is 5.56 Å². The molecule has 3 rings (SSSR count). The van der Waals surface area contributed by atoms with Crippen molar-refractivity contribution in [2.75, 3.05) is 32.0 Å². The molecule has 0 spiro atoms. The third-order valence-corrected chi connectivity index (χ3v) is 4.01. The number of rotatable bonds is 8. The summed E-state index contributed by atoms with van der Waals surface area (Å²) >= 11 is 0. The molecule has 10 heteroatoms. The van der Waals surface area contributed by atoms with Gasteiger partial charge in [-0.3, -0.25) is 5.32 Å². The van der Waals surface area contributed by atoms with Gasteiger partial charge in [0.05, 0.1) is 21.3 Å². The summed E-state index contributed by atoms with van der Waals surface area (Å²) in [7, 11) is 4.58. The van der Waals surface area contributed by atoms with E-state index >= 15 is 0 Å². The SMILES string of the molecule is COc1cc(Nc2ncnc(NC(=O)NCc3ccccc3)n2)cc(OC)c1OC. The van der Waals surface area contributed by atoms with E-state index in [-0.39, 0.29) is 11.9 Å². The van der Waals surface area contributed by atoms with Crippen LogP contribution in [0.25, 0.3) is 0 Å². The first-order valence-corrected chi connectivity index (χ1v) is 8.97. The summed E-state index contributed by atoms with van der Waals surface area (Å²) < 4.78 is 16.0. The number of urea groups is 1. The lowest BCUT2D eigenvalue weighted by molar-refractivity contribution is 0.251. The number of carbonyl (C=O) groups excluding carboxylic acids is 1. The number of anilines is 3. The number of nitrogens with zero attached hydrogens (tertiary/aromatic N) is 3. The molecule has 2 amide bonds. The van der Waals surface area contributed by atoms with Crippen LogP contribution < -0.4 is 30.2 Å². The number of aromatic nitrogens is 3. The summed E-state index contributed by atoms with van der Waals surface area (Å²) in [6, 6.07) is 12.6. The monoisotopic (exact) mass is 410 g/mol. The Balaban J connectivity index is 1.67. The molecule has 156 valence electrons. The quantitative estimate of drug-likeness (QED) is 0.519. The maximum atomic E-state index is 12.1. The Labute approximate surface area is 173 Å². The molecule has 0 aliphatic heterocycles. The van der Waals surface area contributed by atoms with Crippen LogP contribution in [0.1, 0.15) is 5.56 Å². The largest absolute Gasteiger partial charge is 0.493 e. The van der Waals surface area contributed by atoms with E-state index in [1.165, 1.54) is 27.7 Å². The number of nitrogens with one attached hydrogen (secondary N) is 3. The standard InChI is InChI=1S/C20H22N6O4/c1-28-15-9-14(10-16(29-2)17(15)30-3)24-18-22-12-23-19(25-18)26-20(27)21-11-13-7-5-4-6-8-13/h4-10,12H,11H2,1-3H3,(H3,21,22,23,24,25,26,27). The number of amides is 2. The first-order valence-electron chi connectivity index (χ1n) is 8.97. The molecule has 0 radical (unpaired) electrons. The van der Waals surface area contributed by atoms with Gasteiger partial charge < -0.3 is 24.8 Å². The molecule has 2 aromatic carbocycles. The topological polar surface area (TPSA) is 120 Å². The zero-order chi connectivity index (χ0) is 21.3. The third kappa shape index (κ3) is 5.25. The summed E-state index contributed by atoms with van der Waals surface area (Å²) in [6.45, 7) is 0.383. The van der Waals surface area contributed by atoms with Crippen LogP contribution in [0.15, 0.2) is 48.8 Å². The van der Waals surface area contributed by atoms with Crippen molar-refractivity contribution in [3.63, 3.8) is 0 Å². The molecule has 0 bridgehead atoms. The number of carbonyl (C=O) groups is 1. The first kappa shape index (κ1) is 20.6. The van der Waals surface area contributed by atoms with Crippen LogP contribution in [-0.2, 0) is 6.54 Å². The van der Waals surface area contributed by atoms with E-state index < -0.39 is 6.03 Å². The molecule has 1 heterocycles. The molecule has 0 atom stereocenters. The summed E-state index contributed by atoms with van der Waals surface area (Å²) in [4.78, 5) is 24.3. The Bertz CT molecular complexity index is 975. The highest BCUT2D eigenvalue weighted by Gasteiger charge is 2.14. The normalized spacial score (nSPS) is 10.1. The van der Waals surface area contributed by atoms with Gasteiger partial charge in [-0.2, -0.15) is 4.98 Å². The fourth-order valence-electron chi connectivity index (χ4n) is 2.62. The second-order valence-corrected chi connectivity index (χ2v) is 5.96. The first-order chi connectivity index (χ1) is 14.6. The lowest BCUT2D eigenvalue weighted by Gasteiger charge is -2.14. The molecule has 1 aromatic heterocycles. The van der Waals surface area contributed by atoms with Gasteiger partial charge in [-0.1, -0.05) is 30.3 Å². The van der Waals surface area contributed by atoms with Gasteiger partial charge >= 0.3 is 6.03 Å². The second-order valence-electron chi connectivity index (χ2n) is 5.96. The molecule has 0 aliphatic carbocycles. The smallest absolute Gasteiger partial charge is 0.321 e. The highest BCUT2D eigenvalue weighted by molar-refractivity contribution is 5.87. The van der Waals surface area contributed by atoms with E-state index in [0.717, 1.165) is 5.56 Å². The Kier molecular flexibility index (Phi) is 6.83. The Morgan fingerprint density at radius 3 is 2.23 bits per heavy atom. The van der Waals surface area contributed by atoms with Crippen molar-refractivity contribution in [3.05, 3.63) is 54.4 Å². The number of hydrogen-bond donors (Lipinski definition) is 3. The van der Waals surface area contributed by atoms with E-state index in [1.807, 2.05) is 30.3 Å². The van der Waals surface area contributed by atoms with Crippen LogP contribution in [0.2, 0.25) is 0 Å². The Morgan fingerprint density at radius 1 is 0.933 bits per heavy atom. The summed E-state index contributed by atoms with van der Waals surface area (Å²) in [5, 5.41) is 8.35. The molecule has 0 aliphatic rings. The minimum atomic E-state index is -0.427. The van der Waals surface area contributed by atoms with E-state index in [0.29, 0.717) is 29.5 Å². The molecule has 3 aromatic rings. The van der Waals surface area contributed by atoms with Crippen molar-refractivity contribution in [2.45, 2.75) is 6.54 Å². The molecule has 30 heavy (non-hydrogen) atoms. The zero-order valence-corrected chi connectivity index (χ0v) is 16.8. The average molecular weight is 410 g/mol. The highest BCUT2D eigenvalue weighted by atomic mass is 16.5. The number of benzene rings is 2. The van der Waals surface area contributed by atoms with Crippen LogP contribution in [0.3, 0.4) is 0 Å². The van der Waals surface area contributed by atoms with Gasteiger partial charge in [0.1, 0.15) is 6.33 Å². The molecule has 3 N–H and O–H groups in total. The average Bonchev–Trinajstić information content (AvgIpc) is 2.78. The summed E-state index contributed by atoms with van der Waals surface area (Å²) in [5.41, 5.74) is 1.59. The van der Waals surface area contributed by atoms with Crippen LogP contribution in [0.4, 0.5) is 22.4 Å². The van der Waals surface area contributed by atoms with Crippen molar-refractivity contribution in [1.82, 2.24) is 20.3 Å². The van der Waals surface area contributed by atoms with E-state index in [1.54, 1.807) is 12.1 Å². The van der Waals surface area contributed by atoms with Crippen molar-refractivity contribution in [3.8, 4) is 17.2 Å². The van der Waals surface area contributed by atoms with Gasteiger partial charge in [0.25, 0.3) is 0 Å². The minimum Gasteiger partial charge on any atom is -0.493 e. The van der Waals surface area contributed by atoms with Crippen LogP contribution in [-0.4, -0.2) is 42.3 Å². The fourth-order valence-corrected chi connectivity index (χ4v) is 2.62. The van der Waals surface area contributed by atoms with Gasteiger partial charge in [0, 0.05) is 24.4 Å². The third-order valence-electron chi connectivity index (χ3n) is 4.01. The lowest BCUT2D eigenvalue weighted by atomic mass is 10.2. The fraction of sp³-hybridized carbons (Fsp3) is 0.200. The summed E-state index contributed by atoms with van der Waals surface area (Å²) in [6.07, 6.45) is 1.29. The van der Waals surface area contributed by atoms with E-state index in [4.69, 9.17) is 14.2 Å². The molecule has 0 saturated carbocycles. The van der Waals surface area contributed by atoms with Crippen LogP contribution in [0, 0.1) is 0 Å². The van der Waals surface area contributed by atoms with Crippen molar-refractivity contribution in [2.24, 2.45) is 0 Å². The molecule has 0 saturated heterocycles. The second kappa shape index (κ2) is 9.92. The van der Waals surface area contributed by atoms with Gasteiger partial charge in [-0.25, -0.2) is 14.8 Å². The molecule has 0 unspecified atom stereocenters. The van der Waals surface area contributed by atoms with E-state index in [2.05, 4.69) is 30.9 Å². The number of hydrogen-bond acceptors (Lipinski definition) is 8. The minimum absolute atomic E-state index is 0.102. The zero-order valence-electron chi connectivity index (χ0n) is 16.8. The van der Waals surface area contributed by atoms with Crippen LogP contribution >= 0.6 is 0 Å². The summed E-state index contributed by atoms with van der Waals surface area (Å²) in [5.74, 6) is 1.76.